The first-order valence-corrected chi connectivity index (χ1v) is 10.9. The van der Waals surface area contributed by atoms with Gasteiger partial charge in [-0.2, -0.15) is 0 Å². The van der Waals surface area contributed by atoms with Crippen molar-refractivity contribution in [3.05, 3.63) is 41.5 Å². The Kier molecular flexibility index (Phi) is 5.80. The van der Waals surface area contributed by atoms with E-state index in [-0.39, 0.29) is 29.6 Å². The van der Waals surface area contributed by atoms with Crippen molar-refractivity contribution in [2.45, 2.75) is 6.61 Å². The van der Waals surface area contributed by atoms with Crippen molar-refractivity contribution in [3.63, 3.8) is 0 Å². The fraction of sp³-hybridized carbons (Fsp3) is 0.320. The number of carbonyl (C=O) groups is 1. The maximum atomic E-state index is 13.8. The summed E-state index contributed by atoms with van der Waals surface area (Å²) in [6, 6.07) is 8.77. The summed E-state index contributed by atoms with van der Waals surface area (Å²) in [7, 11) is 3.02. The fourth-order valence-corrected chi connectivity index (χ4v) is 4.51. The van der Waals surface area contributed by atoms with E-state index in [2.05, 4.69) is 0 Å². The molecule has 1 saturated heterocycles. The van der Waals surface area contributed by atoms with Crippen LogP contribution >= 0.6 is 0 Å². The maximum Gasteiger partial charge on any atom is 0.255 e. The van der Waals surface area contributed by atoms with Crippen LogP contribution in [0.1, 0.15) is 15.9 Å². The van der Waals surface area contributed by atoms with E-state index in [0.717, 1.165) is 0 Å². The number of morpholine rings is 1. The molecule has 0 radical (unpaired) electrons. The molecule has 2 aliphatic rings. The topological polar surface area (TPSA) is 107 Å². The van der Waals surface area contributed by atoms with Crippen LogP contribution in [0.15, 0.2) is 30.3 Å². The van der Waals surface area contributed by atoms with Gasteiger partial charge in [0.15, 0.2) is 23.0 Å². The monoisotopic (exact) mass is 467 g/mol. The average Bonchev–Trinajstić information content (AvgIpc) is 3.36. The minimum atomic E-state index is -0.529. The summed E-state index contributed by atoms with van der Waals surface area (Å²) in [5.41, 5.74) is 1.59. The molecule has 0 aromatic heterocycles. The Hall–Kier alpha value is -3.69. The third-order valence-electron chi connectivity index (χ3n) is 6.22. The number of rotatable bonds is 5. The highest BCUT2D eigenvalue weighted by Crippen LogP contribution is 2.47. The van der Waals surface area contributed by atoms with Gasteiger partial charge in [-0.3, -0.25) is 4.79 Å². The number of nitrogens with zero attached hydrogens (tertiary/aromatic N) is 1. The Morgan fingerprint density at radius 2 is 1.68 bits per heavy atom. The number of ether oxygens (including phenoxy) is 5. The second-order valence-electron chi connectivity index (χ2n) is 7.96. The summed E-state index contributed by atoms with van der Waals surface area (Å²) >= 11 is 0. The molecule has 178 valence electrons. The molecule has 0 bridgehead atoms. The van der Waals surface area contributed by atoms with E-state index < -0.39 is 6.61 Å². The van der Waals surface area contributed by atoms with Gasteiger partial charge in [0, 0.05) is 29.6 Å². The molecule has 9 heteroatoms. The minimum Gasteiger partial charge on any atom is -0.507 e. The molecule has 0 spiro atoms. The highest BCUT2D eigenvalue weighted by atomic mass is 16.7. The lowest BCUT2D eigenvalue weighted by Gasteiger charge is -2.29. The number of benzene rings is 3. The van der Waals surface area contributed by atoms with E-state index in [9.17, 15) is 15.0 Å². The van der Waals surface area contributed by atoms with Gasteiger partial charge in [-0.05, 0) is 35.2 Å². The molecule has 1 amide bonds. The number of phenols is 1. The van der Waals surface area contributed by atoms with E-state index >= 15 is 0 Å². The van der Waals surface area contributed by atoms with Gasteiger partial charge in [-0.1, -0.05) is 6.07 Å². The fourth-order valence-electron chi connectivity index (χ4n) is 4.51. The Morgan fingerprint density at radius 3 is 2.35 bits per heavy atom. The number of amides is 1. The van der Waals surface area contributed by atoms with Crippen LogP contribution in [0, 0.1) is 0 Å². The zero-order valence-electron chi connectivity index (χ0n) is 18.9. The number of hydrogen-bond donors (Lipinski definition) is 2. The van der Waals surface area contributed by atoms with E-state index in [1.54, 1.807) is 29.2 Å². The quantitative estimate of drug-likeness (QED) is 0.590. The van der Waals surface area contributed by atoms with Gasteiger partial charge >= 0.3 is 0 Å². The smallest absolute Gasteiger partial charge is 0.255 e. The Bertz CT molecular complexity index is 1270. The first-order valence-electron chi connectivity index (χ1n) is 10.9. The van der Waals surface area contributed by atoms with Crippen LogP contribution in [0.2, 0.25) is 0 Å². The summed E-state index contributed by atoms with van der Waals surface area (Å²) in [4.78, 5) is 15.5. The van der Waals surface area contributed by atoms with E-state index in [0.29, 0.717) is 71.2 Å². The third-order valence-corrected chi connectivity index (χ3v) is 6.22. The highest BCUT2D eigenvalue weighted by molar-refractivity contribution is 6.14. The molecule has 9 nitrogen and oxygen atoms in total. The van der Waals surface area contributed by atoms with Crippen LogP contribution in [0.3, 0.4) is 0 Å². The number of fused-ring (bicyclic) bond motifs is 2. The van der Waals surface area contributed by atoms with E-state index in [4.69, 9.17) is 23.7 Å². The molecule has 2 aliphatic heterocycles. The Balaban J connectivity index is 1.86. The van der Waals surface area contributed by atoms with Crippen molar-refractivity contribution in [1.29, 1.82) is 0 Å². The van der Waals surface area contributed by atoms with Gasteiger partial charge in [-0.25, -0.2) is 0 Å². The van der Waals surface area contributed by atoms with Crippen molar-refractivity contribution in [2.75, 3.05) is 47.3 Å². The molecule has 2 heterocycles. The van der Waals surface area contributed by atoms with Gasteiger partial charge < -0.3 is 38.8 Å². The lowest BCUT2D eigenvalue weighted by Crippen LogP contribution is -2.41. The second-order valence-corrected chi connectivity index (χ2v) is 7.96. The summed E-state index contributed by atoms with van der Waals surface area (Å²) in [5, 5.41) is 22.5. The molecule has 3 aromatic rings. The summed E-state index contributed by atoms with van der Waals surface area (Å²) in [6.45, 7) is 1.25. The van der Waals surface area contributed by atoms with Gasteiger partial charge in [0.1, 0.15) is 5.75 Å². The number of methoxy groups -OCH3 is 2. The van der Waals surface area contributed by atoms with Crippen LogP contribution in [0.5, 0.6) is 28.7 Å². The molecule has 2 N–H and O–H groups in total. The molecule has 0 atom stereocenters. The van der Waals surface area contributed by atoms with Crippen LogP contribution in [-0.4, -0.2) is 68.3 Å². The highest BCUT2D eigenvalue weighted by Gasteiger charge is 2.30. The van der Waals surface area contributed by atoms with Crippen molar-refractivity contribution in [3.8, 4) is 39.9 Å². The lowest BCUT2D eigenvalue weighted by molar-refractivity contribution is 0.0301. The number of aliphatic hydroxyl groups is 1. The molecular formula is C25H25NO8. The Labute approximate surface area is 196 Å². The molecule has 5 rings (SSSR count). The predicted octanol–water partition coefficient (Wildman–Crippen LogP) is 2.92. The molecule has 34 heavy (non-hydrogen) atoms. The maximum absolute atomic E-state index is 13.8. The SMILES string of the molecule is COc1cc2c(O)c(CO)c(C(=O)N3CCOCC3)c(-c3ccc4c(c3)OCO4)c2cc1OC. The third kappa shape index (κ3) is 3.53. The Morgan fingerprint density at radius 1 is 1.00 bits per heavy atom. The normalized spacial score (nSPS) is 15.0. The first-order chi connectivity index (χ1) is 16.6. The van der Waals surface area contributed by atoms with Gasteiger partial charge in [0.05, 0.1) is 39.6 Å². The largest absolute Gasteiger partial charge is 0.507 e. The van der Waals surface area contributed by atoms with Crippen molar-refractivity contribution in [1.82, 2.24) is 4.90 Å². The van der Waals surface area contributed by atoms with Gasteiger partial charge in [0.25, 0.3) is 5.91 Å². The predicted molar refractivity (Wildman–Crippen MR) is 123 cm³/mol. The molecule has 3 aromatic carbocycles. The van der Waals surface area contributed by atoms with Crippen LogP contribution in [0.25, 0.3) is 21.9 Å². The molecular weight excluding hydrogens is 442 g/mol. The summed E-state index contributed by atoms with van der Waals surface area (Å²) < 4.78 is 27.4. The average molecular weight is 467 g/mol. The second kappa shape index (κ2) is 8.92. The van der Waals surface area contributed by atoms with Gasteiger partial charge in [0.2, 0.25) is 6.79 Å². The zero-order chi connectivity index (χ0) is 23.8. The minimum absolute atomic E-state index is 0.113. The summed E-state index contributed by atoms with van der Waals surface area (Å²) in [5.74, 6) is 1.53. The van der Waals surface area contributed by atoms with Gasteiger partial charge in [-0.15, -0.1) is 0 Å². The number of hydrogen-bond acceptors (Lipinski definition) is 8. The van der Waals surface area contributed by atoms with Crippen molar-refractivity contribution < 1.29 is 38.7 Å². The zero-order valence-corrected chi connectivity index (χ0v) is 18.9. The standard InChI is InChI=1S/C25H25NO8/c1-30-19-10-15-16(11-20(19)31-2)24(28)17(12-27)23(25(29)26-5-7-32-8-6-26)22(15)14-3-4-18-21(9-14)34-13-33-18/h3-4,9-11,27-28H,5-8,12-13H2,1-2H3. The van der Waals surface area contributed by atoms with E-state index in [1.165, 1.54) is 14.2 Å². The van der Waals surface area contributed by atoms with Crippen LogP contribution < -0.4 is 18.9 Å². The van der Waals surface area contributed by atoms with Crippen molar-refractivity contribution in [2.24, 2.45) is 0 Å². The lowest BCUT2D eigenvalue weighted by atomic mass is 9.87. The molecule has 0 unspecified atom stereocenters. The van der Waals surface area contributed by atoms with Crippen LogP contribution in [0.4, 0.5) is 0 Å². The molecule has 0 saturated carbocycles. The number of aliphatic hydroxyl groups excluding tert-OH is 1. The number of carbonyl (C=O) groups excluding carboxylic acids is 1. The number of aromatic hydroxyl groups is 1. The summed E-state index contributed by atoms with van der Waals surface area (Å²) in [6.07, 6.45) is 0. The van der Waals surface area contributed by atoms with Crippen molar-refractivity contribution >= 4 is 16.7 Å². The van der Waals surface area contributed by atoms with E-state index in [1.807, 2.05) is 6.07 Å². The first kappa shape index (κ1) is 22.1. The molecule has 1 fully saturated rings. The van der Waals surface area contributed by atoms with Crippen LogP contribution in [-0.2, 0) is 11.3 Å². The molecule has 0 aliphatic carbocycles.